The van der Waals surface area contributed by atoms with Gasteiger partial charge in [0.1, 0.15) is 6.04 Å². The van der Waals surface area contributed by atoms with E-state index < -0.39 is 22.3 Å². The number of benzene rings is 2. The van der Waals surface area contributed by atoms with Crippen molar-refractivity contribution >= 4 is 38.6 Å². The Kier molecular flexibility index (Phi) is 3.62. The van der Waals surface area contributed by atoms with Gasteiger partial charge in [-0.2, -0.15) is 17.0 Å². The minimum Gasteiger partial charge on any atom is -0.306 e. The van der Waals surface area contributed by atoms with E-state index in [0.717, 1.165) is 15.1 Å². The molecule has 28 heavy (non-hydrogen) atoms. The fraction of sp³-hybridized carbons (Fsp3) is 0.368. The summed E-state index contributed by atoms with van der Waals surface area (Å²) in [6.45, 7) is 0.226. The van der Waals surface area contributed by atoms with E-state index in [1.165, 1.54) is 23.3 Å². The lowest BCUT2D eigenvalue weighted by molar-refractivity contribution is -0.120. The Morgan fingerprint density at radius 3 is 2.50 bits per heavy atom. The third-order valence-electron chi connectivity index (χ3n) is 5.98. The summed E-state index contributed by atoms with van der Waals surface area (Å²) in [5.74, 6) is -0.354. The summed E-state index contributed by atoms with van der Waals surface area (Å²) in [5, 5.41) is 1.76. The van der Waals surface area contributed by atoms with Gasteiger partial charge in [0.25, 0.3) is 16.1 Å². The standard InChI is InChI=1S/C19H20N4O4S/c1-20(2)28(26,27)21-11-13-10-16(21)17-18(24)23(19(25)22(13)17)15-9-5-7-12-6-3-4-8-14(12)15/h3-9,13,16-17H,10-11H2,1-2H3/t13?,16?,17-/m1/s1. The largest absolute Gasteiger partial charge is 0.332 e. The van der Waals surface area contributed by atoms with Crippen LogP contribution in [0.4, 0.5) is 10.5 Å². The summed E-state index contributed by atoms with van der Waals surface area (Å²) < 4.78 is 27.8. The highest BCUT2D eigenvalue weighted by Gasteiger charge is 2.64. The Morgan fingerprint density at radius 2 is 1.75 bits per heavy atom. The summed E-state index contributed by atoms with van der Waals surface area (Å²) >= 11 is 0. The van der Waals surface area contributed by atoms with Gasteiger partial charge < -0.3 is 4.90 Å². The lowest BCUT2D eigenvalue weighted by Crippen LogP contribution is -2.56. The van der Waals surface area contributed by atoms with Crippen molar-refractivity contribution in [3.63, 3.8) is 0 Å². The van der Waals surface area contributed by atoms with Gasteiger partial charge in [-0.1, -0.05) is 36.4 Å². The van der Waals surface area contributed by atoms with Gasteiger partial charge in [-0.3, -0.25) is 4.79 Å². The summed E-state index contributed by atoms with van der Waals surface area (Å²) in [5.41, 5.74) is 0.545. The van der Waals surface area contributed by atoms with Crippen LogP contribution in [-0.4, -0.2) is 72.6 Å². The van der Waals surface area contributed by atoms with E-state index in [1.807, 2.05) is 36.4 Å². The van der Waals surface area contributed by atoms with Crippen LogP contribution in [0.5, 0.6) is 0 Å². The number of piperazine rings is 1. The van der Waals surface area contributed by atoms with Crippen LogP contribution >= 0.6 is 0 Å². The molecule has 3 aliphatic rings. The normalized spacial score (nSPS) is 27.5. The number of hydrogen-bond donors (Lipinski definition) is 0. The molecule has 2 bridgehead atoms. The predicted molar refractivity (Wildman–Crippen MR) is 104 cm³/mol. The molecule has 8 nitrogen and oxygen atoms in total. The van der Waals surface area contributed by atoms with Gasteiger partial charge in [0.2, 0.25) is 0 Å². The number of hydrogen-bond acceptors (Lipinski definition) is 4. The van der Waals surface area contributed by atoms with Crippen LogP contribution in [0.15, 0.2) is 42.5 Å². The van der Waals surface area contributed by atoms with Crippen molar-refractivity contribution in [3.8, 4) is 0 Å². The predicted octanol–water partition coefficient (Wildman–Crippen LogP) is 1.24. The smallest absolute Gasteiger partial charge is 0.306 e. The van der Waals surface area contributed by atoms with E-state index in [4.69, 9.17) is 0 Å². The van der Waals surface area contributed by atoms with Gasteiger partial charge in [-0.05, 0) is 17.9 Å². The van der Waals surface area contributed by atoms with Crippen molar-refractivity contribution in [2.75, 3.05) is 25.5 Å². The van der Waals surface area contributed by atoms with Gasteiger partial charge >= 0.3 is 6.03 Å². The molecule has 146 valence electrons. The highest BCUT2D eigenvalue weighted by atomic mass is 32.2. The van der Waals surface area contributed by atoms with Crippen LogP contribution in [-0.2, 0) is 15.0 Å². The molecule has 9 heteroatoms. The second-order valence-corrected chi connectivity index (χ2v) is 9.72. The lowest BCUT2D eigenvalue weighted by atomic mass is 10.1. The number of nitrogens with zero attached hydrogens (tertiary/aromatic N) is 4. The Labute approximate surface area is 163 Å². The first-order valence-corrected chi connectivity index (χ1v) is 10.6. The monoisotopic (exact) mass is 400 g/mol. The van der Waals surface area contributed by atoms with Crippen molar-refractivity contribution < 1.29 is 18.0 Å². The van der Waals surface area contributed by atoms with Crippen molar-refractivity contribution in [2.45, 2.75) is 24.5 Å². The molecule has 0 aliphatic carbocycles. The maximum Gasteiger partial charge on any atom is 0.332 e. The van der Waals surface area contributed by atoms with E-state index in [2.05, 4.69) is 0 Å². The molecule has 3 fully saturated rings. The molecular formula is C19H20N4O4S. The maximum atomic E-state index is 13.3. The molecular weight excluding hydrogens is 380 g/mol. The van der Waals surface area contributed by atoms with Gasteiger partial charge in [0.05, 0.1) is 11.7 Å². The molecule has 5 rings (SSSR count). The first-order chi connectivity index (χ1) is 13.3. The van der Waals surface area contributed by atoms with Crippen LogP contribution in [0.3, 0.4) is 0 Å². The van der Waals surface area contributed by atoms with E-state index in [0.29, 0.717) is 12.1 Å². The Hall–Kier alpha value is -2.49. The van der Waals surface area contributed by atoms with Gasteiger partial charge in [-0.25, -0.2) is 9.69 Å². The van der Waals surface area contributed by atoms with Crippen molar-refractivity contribution in [2.24, 2.45) is 0 Å². The second-order valence-electron chi connectivity index (χ2n) is 7.62. The average Bonchev–Trinajstić information content (AvgIpc) is 3.33. The molecule has 2 aromatic carbocycles. The minimum absolute atomic E-state index is 0.226. The Bertz CT molecular complexity index is 1110. The zero-order valence-corrected chi connectivity index (χ0v) is 16.3. The molecule has 0 saturated carbocycles. The molecule has 0 N–H and O–H groups in total. The van der Waals surface area contributed by atoms with Crippen molar-refractivity contribution in [3.05, 3.63) is 42.5 Å². The summed E-state index contributed by atoms with van der Waals surface area (Å²) in [4.78, 5) is 29.3. The molecule has 3 saturated heterocycles. The number of fused-ring (bicyclic) bond motifs is 6. The maximum absolute atomic E-state index is 13.3. The van der Waals surface area contributed by atoms with Crippen molar-refractivity contribution in [1.82, 2.24) is 13.5 Å². The number of carbonyl (C=O) groups is 2. The molecule has 2 unspecified atom stereocenters. The average molecular weight is 400 g/mol. The van der Waals surface area contributed by atoms with E-state index >= 15 is 0 Å². The number of carbonyl (C=O) groups excluding carboxylic acids is 2. The molecule has 0 radical (unpaired) electrons. The minimum atomic E-state index is -3.65. The highest BCUT2D eigenvalue weighted by Crippen LogP contribution is 2.44. The van der Waals surface area contributed by atoms with Crippen LogP contribution < -0.4 is 4.90 Å². The molecule has 3 heterocycles. The van der Waals surface area contributed by atoms with Gasteiger partial charge in [-0.15, -0.1) is 0 Å². The first kappa shape index (κ1) is 17.6. The van der Waals surface area contributed by atoms with Crippen LogP contribution in [0.2, 0.25) is 0 Å². The molecule has 0 aromatic heterocycles. The fourth-order valence-corrected chi connectivity index (χ4v) is 6.04. The molecule has 3 amide bonds. The summed E-state index contributed by atoms with van der Waals surface area (Å²) in [6, 6.07) is 11.2. The second kappa shape index (κ2) is 5.76. The zero-order valence-electron chi connectivity index (χ0n) is 15.5. The quantitative estimate of drug-likeness (QED) is 0.726. The van der Waals surface area contributed by atoms with Crippen LogP contribution in [0.25, 0.3) is 10.8 Å². The van der Waals surface area contributed by atoms with E-state index in [1.54, 1.807) is 11.0 Å². The van der Waals surface area contributed by atoms with Crippen molar-refractivity contribution in [1.29, 1.82) is 0 Å². The molecule has 0 spiro atoms. The number of imide groups is 1. The first-order valence-electron chi connectivity index (χ1n) is 9.15. The van der Waals surface area contributed by atoms with Gasteiger partial charge in [0.15, 0.2) is 0 Å². The van der Waals surface area contributed by atoms with Gasteiger partial charge in [0, 0.05) is 32.1 Å². The zero-order chi connectivity index (χ0) is 19.8. The van der Waals surface area contributed by atoms with Crippen LogP contribution in [0, 0.1) is 0 Å². The Balaban J connectivity index is 1.56. The molecule has 2 aromatic rings. The summed E-state index contributed by atoms with van der Waals surface area (Å²) in [7, 11) is -0.695. The SMILES string of the molecule is CN(C)S(=O)(=O)N1CC2CC1[C@@H]1C(=O)N(c3cccc4ccccc34)C(=O)N21. The lowest BCUT2D eigenvalue weighted by Gasteiger charge is -2.35. The van der Waals surface area contributed by atoms with E-state index in [-0.39, 0.29) is 24.5 Å². The number of amides is 3. The summed E-state index contributed by atoms with van der Waals surface area (Å²) in [6.07, 6.45) is 0.499. The fourth-order valence-electron chi connectivity index (χ4n) is 4.72. The third-order valence-corrected chi connectivity index (χ3v) is 7.92. The highest BCUT2D eigenvalue weighted by molar-refractivity contribution is 7.86. The van der Waals surface area contributed by atoms with E-state index in [9.17, 15) is 18.0 Å². The third kappa shape index (κ3) is 2.15. The number of urea groups is 1. The number of anilines is 1. The Morgan fingerprint density at radius 1 is 1.04 bits per heavy atom. The topological polar surface area (TPSA) is 81.2 Å². The molecule has 3 aliphatic heterocycles. The number of rotatable bonds is 3. The molecule has 3 atom stereocenters. The van der Waals surface area contributed by atoms with Crippen LogP contribution in [0.1, 0.15) is 6.42 Å².